The zero-order valence-corrected chi connectivity index (χ0v) is 17.7. The van der Waals surface area contributed by atoms with Crippen LogP contribution in [0.4, 0.5) is 4.39 Å². The number of nitrogens with one attached hydrogen (secondary N) is 1. The summed E-state index contributed by atoms with van der Waals surface area (Å²) in [4.78, 5) is 29.8. The summed E-state index contributed by atoms with van der Waals surface area (Å²) < 4.78 is 13.5. The zero-order chi connectivity index (χ0) is 20.8. The molecule has 1 N–H and O–H groups in total. The van der Waals surface area contributed by atoms with Crippen molar-refractivity contribution in [1.29, 1.82) is 0 Å². The molecule has 1 saturated carbocycles. The highest BCUT2D eigenvalue weighted by atomic mass is 19.1. The smallest absolute Gasteiger partial charge is 0.254 e. The average molecular weight is 404 g/mol. The molecule has 1 aromatic rings. The highest BCUT2D eigenvalue weighted by molar-refractivity contribution is 5.94. The molecule has 6 heteroatoms. The molecule has 2 atom stereocenters. The van der Waals surface area contributed by atoms with Crippen LogP contribution in [0.25, 0.3) is 0 Å². The fourth-order valence-corrected chi connectivity index (χ4v) is 4.48. The van der Waals surface area contributed by atoms with Crippen molar-refractivity contribution in [3.63, 3.8) is 0 Å². The molecule has 0 spiro atoms. The number of amides is 2. The van der Waals surface area contributed by atoms with Crippen molar-refractivity contribution in [3.8, 4) is 0 Å². The highest BCUT2D eigenvalue weighted by Gasteiger charge is 2.37. The average Bonchev–Trinajstić information content (AvgIpc) is 3.26. The van der Waals surface area contributed by atoms with E-state index in [0.717, 1.165) is 25.8 Å². The second-order valence-corrected chi connectivity index (χ2v) is 8.59. The van der Waals surface area contributed by atoms with Gasteiger partial charge in [0.2, 0.25) is 5.91 Å². The molecule has 5 nitrogen and oxygen atoms in total. The van der Waals surface area contributed by atoms with Crippen LogP contribution in [0.3, 0.4) is 0 Å². The van der Waals surface area contributed by atoms with E-state index in [1.165, 1.54) is 25.0 Å². The molecular weight excluding hydrogens is 369 g/mol. The summed E-state index contributed by atoms with van der Waals surface area (Å²) in [7, 11) is 0. The molecule has 0 bridgehead atoms. The molecule has 2 amide bonds. The molecule has 0 radical (unpaired) electrons. The molecule has 1 aliphatic carbocycles. The highest BCUT2D eigenvalue weighted by Crippen LogP contribution is 2.31. The number of carbonyl (C=O) groups excluding carboxylic acids is 2. The van der Waals surface area contributed by atoms with Gasteiger partial charge in [0.15, 0.2) is 0 Å². The first-order chi connectivity index (χ1) is 14.0. The lowest BCUT2D eigenvalue weighted by Gasteiger charge is -2.41. The minimum atomic E-state index is -0.395. The van der Waals surface area contributed by atoms with Crippen molar-refractivity contribution in [1.82, 2.24) is 15.1 Å². The van der Waals surface area contributed by atoms with E-state index in [9.17, 15) is 14.0 Å². The second-order valence-electron chi connectivity index (χ2n) is 8.59. The Hall–Kier alpha value is -1.95. The van der Waals surface area contributed by atoms with E-state index < -0.39 is 5.82 Å². The van der Waals surface area contributed by atoms with Crippen molar-refractivity contribution in [2.75, 3.05) is 32.7 Å². The molecule has 3 rings (SSSR count). The lowest BCUT2D eigenvalue weighted by Crippen LogP contribution is -2.58. The minimum Gasteiger partial charge on any atom is -0.354 e. The number of carbonyl (C=O) groups is 2. The van der Waals surface area contributed by atoms with Crippen LogP contribution < -0.4 is 5.32 Å². The summed E-state index contributed by atoms with van der Waals surface area (Å²) in [6, 6.07) is 5.75. The Labute approximate surface area is 173 Å². The van der Waals surface area contributed by atoms with Crippen molar-refractivity contribution in [2.24, 2.45) is 11.8 Å². The van der Waals surface area contributed by atoms with E-state index in [4.69, 9.17) is 0 Å². The van der Waals surface area contributed by atoms with Crippen molar-refractivity contribution in [2.45, 2.75) is 52.0 Å². The van der Waals surface area contributed by atoms with Gasteiger partial charge >= 0.3 is 0 Å². The molecule has 1 heterocycles. The Balaban J connectivity index is 1.61. The number of hydrogen-bond donors (Lipinski definition) is 1. The van der Waals surface area contributed by atoms with Gasteiger partial charge in [-0.2, -0.15) is 0 Å². The van der Waals surface area contributed by atoms with Gasteiger partial charge in [-0.05, 0) is 42.9 Å². The Morgan fingerprint density at radius 2 is 1.86 bits per heavy atom. The van der Waals surface area contributed by atoms with E-state index in [1.54, 1.807) is 17.0 Å². The standard InChI is InChI=1S/C23H34FN3O2/c1-3-17(2)16-25-22(28)21(18-7-4-5-8-18)26-11-13-27(14-12-26)23(29)19-9-6-10-20(24)15-19/h6,9-10,15,17-18,21H,3-5,7-8,11-14,16H2,1-2H3,(H,25,28)/t17-,21-/m0/s1. The van der Waals surface area contributed by atoms with Gasteiger partial charge in [0, 0.05) is 38.3 Å². The van der Waals surface area contributed by atoms with Gasteiger partial charge in [0.05, 0.1) is 6.04 Å². The fourth-order valence-electron chi connectivity index (χ4n) is 4.48. The molecule has 0 unspecified atom stereocenters. The first-order valence-electron chi connectivity index (χ1n) is 11.1. The monoisotopic (exact) mass is 403 g/mol. The summed E-state index contributed by atoms with van der Waals surface area (Å²) in [6.07, 6.45) is 5.64. The summed E-state index contributed by atoms with van der Waals surface area (Å²) in [6.45, 7) is 7.50. The first-order valence-corrected chi connectivity index (χ1v) is 11.1. The molecule has 1 aromatic carbocycles. The van der Waals surface area contributed by atoms with Gasteiger partial charge < -0.3 is 10.2 Å². The second kappa shape index (κ2) is 10.2. The Kier molecular flexibility index (Phi) is 7.64. The topological polar surface area (TPSA) is 52.7 Å². The van der Waals surface area contributed by atoms with E-state index in [1.807, 2.05) is 0 Å². The summed E-state index contributed by atoms with van der Waals surface area (Å²) in [5.41, 5.74) is 0.386. The van der Waals surface area contributed by atoms with Gasteiger partial charge in [-0.1, -0.05) is 39.2 Å². The molecule has 1 saturated heterocycles. The van der Waals surface area contributed by atoms with E-state index in [-0.39, 0.29) is 17.9 Å². The molecule has 1 aliphatic heterocycles. The molecule has 2 fully saturated rings. The van der Waals surface area contributed by atoms with Crippen molar-refractivity contribution in [3.05, 3.63) is 35.6 Å². The van der Waals surface area contributed by atoms with Gasteiger partial charge in [-0.25, -0.2) is 4.39 Å². The fraction of sp³-hybridized carbons (Fsp3) is 0.652. The molecular formula is C23H34FN3O2. The molecule has 2 aliphatic rings. The maximum Gasteiger partial charge on any atom is 0.254 e. The Morgan fingerprint density at radius 3 is 2.48 bits per heavy atom. The number of piperazine rings is 1. The summed E-state index contributed by atoms with van der Waals surface area (Å²) in [5.74, 6) is 0.486. The number of hydrogen-bond acceptors (Lipinski definition) is 3. The number of benzene rings is 1. The van der Waals surface area contributed by atoms with Gasteiger partial charge in [-0.15, -0.1) is 0 Å². The van der Waals surface area contributed by atoms with Crippen LogP contribution in [0.5, 0.6) is 0 Å². The third-order valence-corrected chi connectivity index (χ3v) is 6.50. The summed E-state index contributed by atoms with van der Waals surface area (Å²) >= 11 is 0. The largest absolute Gasteiger partial charge is 0.354 e. The predicted molar refractivity (Wildman–Crippen MR) is 112 cm³/mol. The number of nitrogens with zero attached hydrogens (tertiary/aromatic N) is 2. The van der Waals surface area contributed by atoms with Gasteiger partial charge in [-0.3, -0.25) is 14.5 Å². The quantitative estimate of drug-likeness (QED) is 0.760. The Bertz CT molecular complexity index is 697. The van der Waals surface area contributed by atoms with Gasteiger partial charge in [0.1, 0.15) is 5.82 Å². The van der Waals surface area contributed by atoms with Crippen LogP contribution in [-0.2, 0) is 4.79 Å². The lowest BCUT2D eigenvalue weighted by atomic mass is 9.94. The normalized spacial score (nSPS) is 20.4. The SMILES string of the molecule is CC[C@H](C)CNC(=O)[C@H](C1CCCC1)N1CCN(C(=O)c2cccc(F)c2)CC1. The molecule has 29 heavy (non-hydrogen) atoms. The summed E-state index contributed by atoms with van der Waals surface area (Å²) in [5, 5.41) is 3.17. The third-order valence-electron chi connectivity index (χ3n) is 6.50. The van der Waals surface area contributed by atoms with Crippen LogP contribution in [-0.4, -0.2) is 60.4 Å². The minimum absolute atomic E-state index is 0.104. The Morgan fingerprint density at radius 1 is 1.17 bits per heavy atom. The van der Waals surface area contributed by atoms with Crippen LogP contribution in [0.15, 0.2) is 24.3 Å². The van der Waals surface area contributed by atoms with Gasteiger partial charge in [0.25, 0.3) is 5.91 Å². The number of halogens is 1. The molecule has 0 aromatic heterocycles. The number of rotatable bonds is 7. The van der Waals surface area contributed by atoms with Crippen LogP contribution in [0.1, 0.15) is 56.3 Å². The van der Waals surface area contributed by atoms with E-state index >= 15 is 0 Å². The molecule has 160 valence electrons. The van der Waals surface area contributed by atoms with Crippen molar-refractivity contribution >= 4 is 11.8 Å². The van der Waals surface area contributed by atoms with Crippen molar-refractivity contribution < 1.29 is 14.0 Å². The van der Waals surface area contributed by atoms with Crippen LogP contribution >= 0.6 is 0 Å². The maximum absolute atomic E-state index is 13.5. The maximum atomic E-state index is 13.5. The predicted octanol–water partition coefficient (Wildman–Crippen LogP) is 3.30. The van der Waals surface area contributed by atoms with E-state index in [0.29, 0.717) is 43.6 Å². The lowest BCUT2D eigenvalue weighted by molar-refractivity contribution is -0.129. The van der Waals surface area contributed by atoms with Crippen LogP contribution in [0, 0.1) is 17.7 Å². The van der Waals surface area contributed by atoms with Crippen LogP contribution in [0.2, 0.25) is 0 Å². The van der Waals surface area contributed by atoms with E-state index in [2.05, 4.69) is 24.1 Å². The zero-order valence-electron chi connectivity index (χ0n) is 17.7. The first kappa shape index (κ1) is 21.8. The third kappa shape index (κ3) is 5.56.